The summed E-state index contributed by atoms with van der Waals surface area (Å²) in [6.45, 7) is 0.753. The standard InChI is InChI=1S/C10H17ClN4/c1-15-9(12-8-14-15)6-13-10(7-11)4-2-3-5-10/h8,13H,2-7H2,1H3. The number of nitrogens with zero attached hydrogens (tertiary/aromatic N) is 3. The molecular formula is C10H17ClN4. The van der Waals surface area contributed by atoms with Gasteiger partial charge in [0.25, 0.3) is 0 Å². The maximum absolute atomic E-state index is 6.04. The number of aromatic nitrogens is 3. The second kappa shape index (κ2) is 4.49. The fourth-order valence-electron chi connectivity index (χ4n) is 2.16. The van der Waals surface area contributed by atoms with E-state index < -0.39 is 0 Å². The van der Waals surface area contributed by atoms with Crippen LogP contribution in [0.3, 0.4) is 0 Å². The third-order valence-corrected chi connectivity index (χ3v) is 3.75. The Balaban J connectivity index is 1.94. The number of rotatable bonds is 4. The molecule has 1 aliphatic rings. The number of alkyl halides is 1. The van der Waals surface area contributed by atoms with E-state index in [1.54, 1.807) is 11.0 Å². The minimum Gasteiger partial charge on any atom is -0.303 e. The van der Waals surface area contributed by atoms with Crippen LogP contribution in [0.15, 0.2) is 6.33 Å². The molecule has 1 saturated carbocycles. The zero-order valence-corrected chi connectivity index (χ0v) is 9.80. The highest BCUT2D eigenvalue weighted by molar-refractivity contribution is 6.18. The third kappa shape index (κ3) is 2.32. The lowest BCUT2D eigenvalue weighted by Gasteiger charge is -2.27. The molecule has 4 nitrogen and oxygen atoms in total. The van der Waals surface area contributed by atoms with E-state index in [0.717, 1.165) is 12.4 Å². The van der Waals surface area contributed by atoms with Crippen LogP contribution in [0.25, 0.3) is 0 Å². The summed E-state index contributed by atoms with van der Waals surface area (Å²) < 4.78 is 1.80. The first kappa shape index (κ1) is 10.9. The third-order valence-electron chi connectivity index (χ3n) is 3.24. The van der Waals surface area contributed by atoms with E-state index in [2.05, 4.69) is 15.4 Å². The summed E-state index contributed by atoms with van der Waals surface area (Å²) in [5.41, 5.74) is 0.132. The van der Waals surface area contributed by atoms with Gasteiger partial charge in [-0.15, -0.1) is 11.6 Å². The van der Waals surface area contributed by atoms with E-state index in [0.29, 0.717) is 5.88 Å². The quantitative estimate of drug-likeness (QED) is 0.794. The molecule has 1 N–H and O–H groups in total. The van der Waals surface area contributed by atoms with E-state index >= 15 is 0 Å². The van der Waals surface area contributed by atoms with Crippen LogP contribution in [0.2, 0.25) is 0 Å². The maximum Gasteiger partial charge on any atom is 0.140 e. The topological polar surface area (TPSA) is 42.7 Å². The van der Waals surface area contributed by atoms with Crippen LogP contribution >= 0.6 is 11.6 Å². The van der Waals surface area contributed by atoms with Crippen molar-refractivity contribution in [3.8, 4) is 0 Å². The predicted octanol–water partition coefficient (Wildman–Crippen LogP) is 1.46. The van der Waals surface area contributed by atoms with Gasteiger partial charge in [-0.1, -0.05) is 12.8 Å². The van der Waals surface area contributed by atoms with Crippen molar-refractivity contribution in [2.75, 3.05) is 5.88 Å². The summed E-state index contributed by atoms with van der Waals surface area (Å²) >= 11 is 6.04. The van der Waals surface area contributed by atoms with Gasteiger partial charge in [0, 0.05) is 18.5 Å². The molecule has 1 aromatic heterocycles. The maximum atomic E-state index is 6.04. The van der Waals surface area contributed by atoms with Crippen LogP contribution in [-0.2, 0) is 13.6 Å². The van der Waals surface area contributed by atoms with Gasteiger partial charge in [0.2, 0.25) is 0 Å². The summed E-state index contributed by atoms with van der Waals surface area (Å²) in [6.07, 6.45) is 6.48. The van der Waals surface area contributed by atoms with E-state index in [9.17, 15) is 0 Å². The monoisotopic (exact) mass is 228 g/mol. The summed E-state index contributed by atoms with van der Waals surface area (Å²) in [5.74, 6) is 1.65. The van der Waals surface area contributed by atoms with Gasteiger partial charge in [0.1, 0.15) is 12.2 Å². The molecule has 0 atom stereocenters. The average molecular weight is 229 g/mol. The minimum atomic E-state index is 0.132. The van der Waals surface area contributed by atoms with E-state index in [1.165, 1.54) is 25.7 Å². The Morgan fingerprint density at radius 1 is 1.53 bits per heavy atom. The fourth-order valence-corrected chi connectivity index (χ4v) is 2.52. The van der Waals surface area contributed by atoms with Gasteiger partial charge in [-0.3, -0.25) is 4.68 Å². The van der Waals surface area contributed by atoms with Crippen molar-refractivity contribution in [1.29, 1.82) is 0 Å². The Morgan fingerprint density at radius 2 is 2.27 bits per heavy atom. The molecule has 1 fully saturated rings. The van der Waals surface area contributed by atoms with Gasteiger partial charge in [-0.25, -0.2) is 4.98 Å². The summed E-state index contributed by atoms with van der Waals surface area (Å²) in [6, 6.07) is 0. The Morgan fingerprint density at radius 3 is 2.80 bits per heavy atom. The highest BCUT2D eigenvalue weighted by atomic mass is 35.5. The van der Waals surface area contributed by atoms with Crippen LogP contribution < -0.4 is 5.32 Å². The van der Waals surface area contributed by atoms with Crippen molar-refractivity contribution in [3.05, 3.63) is 12.2 Å². The Bertz CT molecular complexity index is 317. The molecule has 0 saturated heterocycles. The number of hydrogen-bond acceptors (Lipinski definition) is 3. The van der Waals surface area contributed by atoms with Crippen LogP contribution in [0.5, 0.6) is 0 Å². The average Bonchev–Trinajstić information content (AvgIpc) is 2.85. The number of aryl methyl sites for hydroxylation is 1. The van der Waals surface area contributed by atoms with Crippen LogP contribution in [-0.4, -0.2) is 26.2 Å². The Hall–Kier alpha value is -0.610. The molecule has 0 spiro atoms. The second-order valence-corrected chi connectivity index (χ2v) is 4.54. The first-order valence-electron chi connectivity index (χ1n) is 5.40. The van der Waals surface area contributed by atoms with Crippen molar-refractivity contribution in [2.24, 2.45) is 7.05 Å². The number of nitrogens with one attached hydrogen (secondary N) is 1. The lowest BCUT2D eigenvalue weighted by molar-refractivity contribution is 0.360. The molecule has 5 heteroatoms. The highest BCUT2D eigenvalue weighted by Gasteiger charge is 2.32. The summed E-state index contributed by atoms with van der Waals surface area (Å²) in [7, 11) is 1.91. The normalized spacial score (nSPS) is 19.6. The fraction of sp³-hybridized carbons (Fsp3) is 0.800. The van der Waals surface area contributed by atoms with E-state index in [1.807, 2.05) is 7.05 Å². The van der Waals surface area contributed by atoms with Gasteiger partial charge >= 0.3 is 0 Å². The number of halogens is 1. The zero-order valence-electron chi connectivity index (χ0n) is 9.04. The molecule has 15 heavy (non-hydrogen) atoms. The highest BCUT2D eigenvalue weighted by Crippen LogP contribution is 2.30. The van der Waals surface area contributed by atoms with E-state index in [4.69, 9.17) is 11.6 Å². The van der Waals surface area contributed by atoms with Crippen molar-refractivity contribution in [1.82, 2.24) is 20.1 Å². The van der Waals surface area contributed by atoms with Crippen LogP contribution in [0.4, 0.5) is 0 Å². The first-order chi connectivity index (χ1) is 7.26. The lowest BCUT2D eigenvalue weighted by atomic mass is 10.0. The molecule has 0 aliphatic heterocycles. The van der Waals surface area contributed by atoms with E-state index in [-0.39, 0.29) is 5.54 Å². The van der Waals surface area contributed by atoms with Gasteiger partial charge in [-0.2, -0.15) is 5.10 Å². The van der Waals surface area contributed by atoms with Gasteiger partial charge in [-0.05, 0) is 12.8 Å². The molecular weight excluding hydrogens is 212 g/mol. The first-order valence-corrected chi connectivity index (χ1v) is 5.93. The molecule has 84 valence electrons. The molecule has 1 heterocycles. The number of hydrogen-bond donors (Lipinski definition) is 1. The molecule has 0 amide bonds. The van der Waals surface area contributed by atoms with Gasteiger partial charge in [0.15, 0.2) is 0 Å². The molecule has 1 aromatic rings. The predicted molar refractivity (Wildman–Crippen MR) is 59.8 cm³/mol. The van der Waals surface area contributed by atoms with Crippen molar-refractivity contribution < 1.29 is 0 Å². The van der Waals surface area contributed by atoms with Crippen LogP contribution in [0.1, 0.15) is 31.5 Å². The molecule has 1 aliphatic carbocycles. The Labute approximate surface area is 95.0 Å². The van der Waals surface area contributed by atoms with Crippen molar-refractivity contribution in [2.45, 2.75) is 37.8 Å². The van der Waals surface area contributed by atoms with Crippen LogP contribution in [0, 0.1) is 0 Å². The Kier molecular flexibility index (Phi) is 3.26. The molecule has 0 radical (unpaired) electrons. The van der Waals surface area contributed by atoms with Gasteiger partial charge in [0.05, 0.1) is 6.54 Å². The molecule has 0 aromatic carbocycles. The van der Waals surface area contributed by atoms with Crippen molar-refractivity contribution >= 4 is 11.6 Å². The van der Waals surface area contributed by atoms with Crippen molar-refractivity contribution in [3.63, 3.8) is 0 Å². The smallest absolute Gasteiger partial charge is 0.140 e. The molecule has 2 rings (SSSR count). The van der Waals surface area contributed by atoms with Gasteiger partial charge < -0.3 is 5.32 Å². The lowest BCUT2D eigenvalue weighted by Crippen LogP contribution is -2.44. The SMILES string of the molecule is Cn1ncnc1CNC1(CCl)CCCC1. The summed E-state index contributed by atoms with van der Waals surface area (Å²) in [4.78, 5) is 4.19. The second-order valence-electron chi connectivity index (χ2n) is 4.27. The zero-order chi connectivity index (χ0) is 10.7. The largest absolute Gasteiger partial charge is 0.303 e. The molecule has 0 unspecified atom stereocenters. The minimum absolute atomic E-state index is 0.132. The molecule has 0 bridgehead atoms. The summed E-state index contributed by atoms with van der Waals surface area (Å²) in [5, 5.41) is 7.58.